The van der Waals surface area contributed by atoms with E-state index < -0.39 is 0 Å². The molecule has 102 valence electrons. The molecule has 0 unspecified atom stereocenters. The van der Waals surface area contributed by atoms with E-state index in [4.69, 9.17) is 10.5 Å². The first-order valence-corrected chi connectivity index (χ1v) is 7.08. The highest BCUT2D eigenvalue weighted by atomic mass is 79.9. The second kappa shape index (κ2) is 6.21. The summed E-state index contributed by atoms with van der Waals surface area (Å²) in [5, 5.41) is 4.40. The summed E-state index contributed by atoms with van der Waals surface area (Å²) in [7, 11) is 0. The number of nitrogens with zero attached hydrogens (tertiary/aromatic N) is 2. The van der Waals surface area contributed by atoms with Crippen LogP contribution < -0.4 is 10.5 Å². The maximum absolute atomic E-state index is 5.83. The summed E-state index contributed by atoms with van der Waals surface area (Å²) in [6, 6.07) is 7.94. The van der Waals surface area contributed by atoms with Gasteiger partial charge >= 0.3 is 0 Å². The SMILES string of the molecule is CCn1nc(C)cc1COc1ccc(CN)cc1Br. The Morgan fingerprint density at radius 1 is 1.37 bits per heavy atom. The van der Waals surface area contributed by atoms with Crippen molar-refractivity contribution in [3.05, 3.63) is 45.7 Å². The van der Waals surface area contributed by atoms with Crippen LogP contribution in [-0.4, -0.2) is 9.78 Å². The monoisotopic (exact) mass is 323 g/mol. The third kappa shape index (κ3) is 3.36. The topological polar surface area (TPSA) is 53.1 Å². The van der Waals surface area contributed by atoms with Crippen molar-refractivity contribution < 1.29 is 4.74 Å². The van der Waals surface area contributed by atoms with Crippen LogP contribution in [0.4, 0.5) is 0 Å². The molecular formula is C14H18BrN3O. The summed E-state index contributed by atoms with van der Waals surface area (Å²) >= 11 is 3.50. The number of aromatic nitrogens is 2. The van der Waals surface area contributed by atoms with E-state index in [1.54, 1.807) is 0 Å². The number of halogens is 1. The van der Waals surface area contributed by atoms with Gasteiger partial charge in [-0.15, -0.1) is 0 Å². The number of rotatable bonds is 5. The number of ether oxygens (including phenoxy) is 1. The lowest BCUT2D eigenvalue weighted by Crippen LogP contribution is -2.06. The van der Waals surface area contributed by atoms with E-state index >= 15 is 0 Å². The molecule has 1 heterocycles. The van der Waals surface area contributed by atoms with Crippen LogP contribution in [0.2, 0.25) is 0 Å². The van der Waals surface area contributed by atoms with E-state index in [-0.39, 0.29) is 0 Å². The Bertz CT molecular complexity index is 566. The number of hydrogen-bond acceptors (Lipinski definition) is 3. The second-order valence-electron chi connectivity index (χ2n) is 4.35. The summed E-state index contributed by atoms with van der Waals surface area (Å²) in [4.78, 5) is 0. The number of aryl methyl sites for hydroxylation is 2. The lowest BCUT2D eigenvalue weighted by molar-refractivity contribution is 0.290. The van der Waals surface area contributed by atoms with Crippen LogP contribution in [0.5, 0.6) is 5.75 Å². The van der Waals surface area contributed by atoms with E-state index in [2.05, 4.69) is 28.0 Å². The Labute approximate surface area is 121 Å². The van der Waals surface area contributed by atoms with Crippen molar-refractivity contribution in [2.75, 3.05) is 0 Å². The summed E-state index contributed by atoms with van der Waals surface area (Å²) in [5.74, 6) is 0.818. The summed E-state index contributed by atoms with van der Waals surface area (Å²) < 4.78 is 8.71. The van der Waals surface area contributed by atoms with Gasteiger partial charge in [-0.25, -0.2) is 0 Å². The third-order valence-electron chi connectivity index (χ3n) is 2.89. The molecule has 0 bridgehead atoms. The van der Waals surface area contributed by atoms with Gasteiger partial charge in [-0.2, -0.15) is 5.10 Å². The maximum atomic E-state index is 5.83. The van der Waals surface area contributed by atoms with Crippen LogP contribution in [0.1, 0.15) is 23.9 Å². The lowest BCUT2D eigenvalue weighted by Gasteiger charge is -2.10. The smallest absolute Gasteiger partial charge is 0.134 e. The molecule has 1 aromatic heterocycles. The molecule has 0 aliphatic heterocycles. The Hall–Kier alpha value is -1.33. The second-order valence-corrected chi connectivity index (χ2v) is 5.20. The summed E-state index contributed by atoms with van der Waals surface area (Å²) in [5.41, 5.74) is 8.77. The molecule has 4 nitrogen and oxygen atoms in total. The fourth-order valence-electron chi connectivity index (χ4n) is 1.93. The molecule has 2 aromatic rings. The third-order valence-corrected chi connectivity index (χ3v) is 3.51. The van der Waals surface area contributed by atoms with Crippen LogP contribution in [0.25, 0.3) is 0 Å². The normalized spacial score (nSPS) is 10.7. The predicted octanol–water partition coefficient (Wildman–Crippen LogP) is 3.01. The van der Waals surface area contributed by atoms with E-state index in [1.165, 1.54) is 0 Å². The number of benzene rings is 1. The van der Waals surface area contributed by atoms with Crippen molar-refractivity contribution in [3.8, 4) is 5.75 Å². The van der Waals surface area contributed by atoms with Crippen LogP contribution in [0.15, 0.2) is 28.7 Å². The molecule has 0 aliphatic rings. The highest BCUT2D eigenvalue weighted by Crippen LogP contribution is 2.26. The van der Waals surface area contributed by atoms with Crippen molar-refractivity contribution in [2.24, 2.45) is 5.73 Å². The minimum absolute atomic E-state index is 0.509. The largest absolute Gasteiger partial charge is 0.486 e. The first-order chi connectivity index (χ1) is 9.13. The van der Waals surface area contributed by atoms with Gasteiger partial charge in [0.1, 0.15) is 12.4 Å². The molecular weight excluding hydrogens is 306 g/mol. The molecule has 5 heteroatoms. The zero-order chi connectivity index (χ0) is 13.8. The predicted molar refractivity (Wildman–Crippen MR) is 79.0 cm³/mol. The van der Waals surface area contributed by atoms with Crippen LogP contribution >= 0.6 is 15.9 Å². The molecule has 0 aliphatic carbocycles. The standard InChI is InChI=1S/C14H18BrN3O/c1-3-18-12(6-10(2)17-18)9-19-14-5-4-11(8-16)7-13(14)15/h4-7H,3,8-9,16H2,1-2H3. The van der Waals surface area contributed by atoms with Crippen LogP contribution in [-0.2, 0) is 19.7 Å². The van der Waals surface area contributed by atoms with E-state index in [9.17, 15) is 0 Å². The highest BCUT2D eigenvalue weighted by Gasteiger charge is 2.07. The van der Waals surface area contributed by atoms with E-state index in [1.807, 2.05) is 35.9 Å². The molecule has 2 rings (SSSR count). The number of nitrogens with two attached hydrogens (primary N) is 1. The van der Waals surface area contributed by atoms with Gasteiger partial charge in [0.2, 0.25) is 0 Å². The molecule has 0 amide bonds. The van der Waals surface area contributed by atoms with Crippen molar-refractivity contribution in [1.82, 2.24) is 9.78 Å². The van der Waals surface area contributed by atoms with E-state index in [0.29, 0.717) is 13.2 Å². The van der Waals surface area contributed by atoms with Gasteiger partial charge in [0, 0.05) is 13.1 Å². The van der Waals surface area contributed by atoms with Crippen molar-refractivity contribution in [3.63, 3.8) is 0 Å². The summed E-state index contributed by atoms with van der Waals surface area (Å²) in [6.45, 7) is 5.94. The fraction of sp³-hybridized carbons (Fsp3) is 0.357. The van der Waals surface area contributed by atoms with Gasteiger partial charge < -0.3 is 10.5 Å². The average molecular weight is 324 g/mol. The Morgan fingerprint density at radius 2 is 2.16 bits per heavy atom. The lowest BCUT2D eigenvalue weighted by atomic mass is 10.2. The van der Waals surface area contributed by atoms with Crippen molar-refractivity contribution in [1.29, 1.82) is 0 Å². The molecule has 1 aromatic carbocycles. The molecule has 0 saturated carbocycles. The Balaban J connectivity index is 2.09. The van der Waals surface area contributed by atoms with Gasteiger partial charge in [-0.05, 0) is 53.5 Å². The quantitative estimate of drug-likeness (QED) is 0.920. The molecule has 19 heavy (non-hydrogen) atoms. The van der Waals surface area contributed by atoms with Crippen LogP contribution in [0, 0.1) is 6.92 Å². The Kier molecular flexibility index (Phi) is 4.61. The first-order valence-electron chi connectivity index (χ1n) is 6.28. The molecule has 0 saturated heterocycles. The molecule has 0 spiro atoms. The average Bonchev–Trinajstić information content (AvgIpc) is 2.77. The summed E-state index contributed by atoms with van der Waals surface area (Å²) in [6.07, 6.45) is 0. The molecule has 2 N–H and O–H groups in total. The van der Waals surface area contributed by atoms with Crippen LogP contribution in [0.3, 0.4) is 0 Å². The molecule has 0 radical (unpaired) electrons. The maximum Gasteiger partial charge on any atom is 0.134 e. The zero-order valence-electron chi connectivity index (χ0n) is 11.2. The van der Waals surface area contributed by atoms with Gasteiger partial charge in [0.05, 0.1) is 15.9 Å². The highest BCUT2D eigenvalue weighted by molar-refractivity contribution is 9.10. The molecule has 0 fully saturated rings. The van der Waals surface area contributed by atoms with Gasteiger partial charge in [-0.3, -0.25) is 4.68 Å². The fourth-order valence-corrected chi connectivity index (χ4v) is 2.47. The minimum atomic E-state index is 0.509. The minimum Gasteiger partial charge on any atom is -0.486 e. The van der Waals surface area contributed by atoms with Crippen molar-refractivity contribution >= 4 is 15.9 Å². The van der Waals surface area contributed by atoms with Gasteiger partial charge in [-0.1, -0.05) is 6.07 Å². The van der Waals surface area contributed by atoms with E-state index in [0.717, 1.165) is 33.7 Å². The van der Waals surface area contributed by atoms with Crippen molar-refractivity contribution in [2.45, 2.75) is 33.5 Å². The zero-order valence-corrected chi connectivity index (χ0v) is 12.8. The van der Waals surface area contributed by atoms with Gasteiger partial charge in [0.15, 0.2) is 0 Å². The molecule has 0 atom stereocenters. The number of hydrogen-bond donors (Lipinski definition) is 1. The first kappa shape index (κ1) is 14.1. The van der Waals surface area contributed by atoms with Gasteiger partial charge in [0.25, 0.3) is 0 Å². The Morgan fingerprint density at radius 3 is 2.79 bits per heavy atom.